The van der Waals surface area contributed by atoms with Gasteiger partial charge in [0.2, 0.25) is 0 Å². The highest BCUT2D eigenvalue weighted by molar-refractivity contribution is 6.35. The third kappa shape index (κ3) is 6.92. The number of benzene rings is 2. The Balaban J connectivity index is 0.00000387. The number of rotatable bonds is 11. The third-order valence-corrected chi connectivity index (χ3v) is 7.23. The molecule has 216 valence electrons. The fourth-order valence-electron chi connectivity index (χ4n) is 4.32. The minimum Gasteiger partial charge on any atom is -0.870 e. The zero-order chi connectivity index (χ0) is 28.4. The topological polar surface area (TPSA) is 126 Å². The summed E-state index contributed by atoms with van der Waals surface area (Å²) in [6, 6.07) is 10.5. The number of ether oxygens (including phenoxy) is 3. The van der Waals surface area contributed by atoms with Gasteiger partial charge in [-0.15, -0.1) is 0 Å². The normalized spacial score (nSPS) is 14.9. The highest BCUT2D eigenvalue weighted by Gasteiger charge is 2.37. The van der Waals surface area contributed by atoms with Crippen molar-refractivity contribution in [1.82, 2.24) is 4.90 Å². The first-order valence-electron chi connectivity index (χ1n) is 12.4. The predicted molar refractivity (Wildman–Crippen MR) is 141 cm³/mol. The lowest BCUT2D eigenvalue weighted by Gasteiger charge is -2.22. The van der Waals surface area contributed by atoms with E-state index in [1.54, 1.807) is 12.1 Å². The lowest BCUT2D eigenvalue weighted by Crippen LogP contribution is -2.36. The maximum atomic E-state index is 13.1. The second-order valence-electron chi connectivity index (χ2n) is 9.39. The molecule has 1 saturated carbocycles. The summed E-state index contributed by atoms with van der Waals surface area (Å²) >= 11 is 12.7. The molecule has 0 bridgehead atoms. The Kier molecular flexibility index (Phi) is 9.42. The first kappa shape index (κ1) is 30.2. The molecule has 1 aliphatic heterocycles. The molecule has 13 heteroatoms. The van der Waals surface area contributed by atoms with Gasteiger partial charge in [0.25, 0.3) is 11.8 Å². The van der Waals surface area contributed by atoms with Gasteiger partial charge in [0.05, 0.1) is 17.7 Å². The molecule has 1 aromatic heterocycles. The number of aromatic amines is 1. The summed E-state index contributed by atoms with van der Waals surface area (Å²) in [4.78, 5) is 42.2. The van der Waals surface area contributed by atoms with Crippen LogP contribution in [0.4, 0.5) is 8.78 Å². The maximum Gasteiger partial charge on any atom is 0.387 e. The standard InChI is InChI=1S/C28H22Cl2F2N2O6.H2O/c29-20-11-33-12-21(30)19(20)10-23(16-7-8-22(40-28(31)32)24(9-16)38-14-15-5-6-15)39-25(35)13-34-26(36)17-3-1-2-4-18(17)27(34)37;/h1-4,7-9,11-12,15,23,28H,5-6,10,13-14H2;1H2/t23-;/m0./s1. The number of aromatic nitrogens is 1. The molecule has 2 heterocycles. The average molecular weight is 609 g/mol. The molecule has 0 spiro atoms. The van der Waals surface area contributed by atoms with Gasteiger partial charge < -0.3 is 19.7 Å². The van der Waals surface area contributed by atoms with Crippen molar-refractivity contribution in [2.24, 2.45) is 5.92 Å². The van der Waals surface area contributed by atoms with Crippen LogP contribution in [-0.4, -0.2) is 47.9 Å². The van der Waals surface area contributed by atoms with Crippen LogP contribution < -0.4 is 14.5 Å². The number of nitrogens with one attached hydrogen (secondary N) is 1. The van der Waals surface area contributed by atoms with Crippen molar-refractivity contribution in [2.75, 3.05) is 13.2 Å². The zero-order valence-corrected chi connectivity index (χ0v) is 22.8. The summed E-state index contributed by atoms with van der Waals surface area (Å²) in [5.74, 6) is -1.87. The van der Waals surface area contributed by atoms with Crippen LogP contribution in [0.5, 0.6) is 11.5 Å². The number of pyridine rings is 1. The molecular weight excluding hydrogens is 585 g/mol. The number of hydrogen-bond acceptors (Lipinski definition) is 7. The highest BCUT2D eigenvalue weighted by Crippen LogP contribution is 2.38. The van der Waals surface area contributed by atoms with Crippen LogP contribution in [-0.2, 0) is 16.0 Å². The molecular formula is C28H24Cl2F2N2O7. The number of H-pyrrole nitrogens is 1. The Hall–Kier alpha value is -3.80. The first-order valence-corrected chi connectivity index (χ1v) is 13.2. The fourth-order valence-corrected chi connectivity index (χ4v) is 4.85. The second-order valence-corrected chi connectivity index (χ2v) is 10.2. The molecule has 0 unspecified atom stereocenters. The van der Waals surface area contributed by atoms with Crippen molar-refractivity contribution >= 4 is 41.0 Å². The predicted octanol–water partition coefficient (Wildman–Crippen LogP) is 5.14. The number of imide groups is 1. The van der Waals surface area contributed by atoms with E-state index in [0.717, 1.165) is 17.7 Å². The van der Waals surface area contributed by atoms with E-state index in [1.165, 1.54) is 42.7 Å². The van der Waals surface area contributed by atoms with Crippen molar-refractivity contribution in [3.8, 4) is 11.5 Å². The molecule has 0 saturated heterocycles. The Morgan fingerprint density at radius 3 is 2.22 bits per heavy atom. The monoisotopic (exact) mass is 608 g/mol. The summed E-state index contributed by atoms with van der Waals surface area (Å²) in [7, 11) is 0. The molecule has 2 N–H and O–H groups in total. The summed E-state index contributed by atoms with van der Waals surface area (Å²) in [5, 5.41) is 0.550. The van der Waals surface area contributed by atoms with Crippen molar-refractivity contribution in [3.63, 3.8) is 0 Å². The molecule has 3 aromatic rings. The molecule has 2 aromatic carbocycles. The molecule has 1 aliphatic carbocycles. The van der Waals surface area contributed by atoms with E-state index in [-0.39, 0.29) is 44.6 Å². The SMILES string of the molecule is O=C(CN1C(=O)c2ccccc2C1=O)O[C@@H](Cc1c(Cl)c[nH+]cc1Cl)c1ccc(OC(F)F)c(OCC2CC2)c1.[OH-]. The van der Waals surface area contributed by atoms with E-state index in [1.807, 2.05) is 0 Å². The van der Waals surface area contributed by atoms with Crippen LogP contribution in [0, 0.1) is 5.92 Å². The molecule has 5 rings (SSSR count). The first-order chi connectivity index (χ1) is 19.2. The van der Waals surface area contributed by atoms with E-state index in [2.05, 4.69) is 9.72 Å². The van der Waals surface area contributed by atoms with Gasteiger partial charge in [-0.1, -0.05) is 41.4 Å². The van der Waals surface area contributed by atoms with Gasteiger partial charge in [-0.05, 0) is 48.6 Å². The quantitative estimate of drug-likeness (QED) is 0.218. The molecule has 2 amide bonds. The van der Waals surface area contributed by atoms with E-state index in [4.69, 9.17) is 32.7 Å². The smallest absolute Gasteiger partial charge is 0.387 e. The number of alkyl halides is 2. The number of hydrogen-bond donors (Lipinski definition) is 0. The zero-order valence-electron chi connectivity index (χ0n) is 21.3. The number of nitrogens with zero attached hydrogens (tertiary/aromatic N) is 1. The van der Waals surface area contributed by atoms with Crippen LogP contribution in [0.25, 0.3) is 0 Å². The lowest BCUT2D eigenvalue weighted by atomic mass is 10.0. The van der Waals surface area contributed by atoms with Crippen molar-refractivity contribution < 1.29 is 47.8 Å². The highest BCUT2D eigenvalue weighted by atomic mass is 35.5. The fraction of sp³-hybridized carbons (Fsp3) is 0.286. The average Bonchev–Trinajstić information content (AvgIpc) is 3.73. The molecule has 1 atom stereocenters. The lowest BCUT2D eigenvalue weighted by molar-refractivity contribution is -0.377. The summed E-state index contributed by atoms with van der Waals surface area (Å²) in [5.41, 5.74) is 1.23. The number of esters is 1. The number of halogens is 4. The van der Waals surface area contributed by atoms with Crippen molar-refractivity contribution in [3.05, 3.63) is 87.2 Å². The molecule has 0 radical (unpaired) electrons. The molecule has 9 nitrogen and oxygen atoms in total. The van der Waals surface area contributed by atoms with Gasteiger partial charge in [-0.2, -0.15) is 8.78 Å². The molecule has 1 fully saturated rings. The number of carbonyl (C=O) groups is 3. The summed E-state index contributed by atoms with van der Waals surface area (Å²) in [6.45, 7) is -3.38. The number of fused-ring (bicyclic) bond motifs is 1. The Morgan fingerprint density at radius 2 is 1.63 bits per heavy atom. The number of carbonyl (C=O) groups excluding carboxylic acids is 3. The Bertz CT molecular complexity index is 1410. The van der Waals surface area contributed by atoms with Gasteiger partial charge in [0, 0.05) is 12.0 Å². The van der Waals surface area contributed by atoms with Gasteiger partial charge in [-0.25, -0.2) is 4.98 Å². The van der Waals surface area contributed by atoms with Crippen molar-refractivity contribution in [1.29, 1.82) is 0 Å². The molecule has 41 heavy (non-hydrogen) atoms. The van der Waals surface area contributed by atoms with Crippen LogP contribution in [0.15, 0.2) is 54.9 Å². The second kappa shape index (κ2) is 12.8. The number of amides is 2. The van der Waals surface area contributed by atoms with E-state index >= 15 is 0 Å². The largest absolute Gasteiger partial charge is 0.870 e. The maximum absolute atomic E-state index is 13.1. The van der Waals surface area contributed by atoms with E-state index in [0.29, 0.717) is 23.7 Å². The molecule has 2 aliphatic rings. The summed E-state index contributed by atoms with van der Waals surface area (Å²) < 4.78 is 42.2. The van der Waals surface area contributed by atoms with Gasteiger partial charge >= 0.3 is 12.6 Å². The van der Waals surface area contributed by atoms with Crippen LogP contribution in [0.2, 0.25) is 10.0 Å². The van der Waals surface area contributed by atoms with Crippen LogP contribution >= 0.6 is 23.2 Å². The van der Waals surface area contributed by atoms with Crippen LogP contribution in [0.3, 0.4) is 0 Å². The third-order valence-electron chi connectivity index (χ3n) is 6.55. The Morgan fingerprint density at radius 1 is 1.00 bits per heavy atom. The van der Waals surface area contributed by atoms with E-state index in [9.17, 15) is 23.2 Å². The van der Waals surface area contributed by atoms with Gasteiger partial charge in [0.15, 0.2) is 23.9 Å². The minimum atomic E-state index is -3.07. The van der Waals surface area contributed by atoms with E-state index < -0.39 is 37.0 Å². The van der Waals surface area contributed by atoms with Crippen molar-refractivity contribution in [2.45, 2.75) is 32.0 Å². The van der Waals surface area contributed by atoms with Gasteiger partial charge in [0.1, 0.15) is 22.7 Å². The van der Waals surface area contributed by atoms with Gasteiger partial charge in [-0.3, -0.25) is 19.3 Å². The Labute approximate surface area is 243 Å². The van der Waals surface area contributed by atoms with Crippen LogP contribution in [0.1, 0.15) is 50.8 Å². The summed E-state index contributed by atoms with van der Waals surface area (Å²) in [6.07, 6.45) is 3.92. The minimum absolute atomic E-state index is 0.